The van der Waals surface area contributed by atoms with Crippen LogP contribution in [-0.4, -0.2) is 59.8 Å². The lowest BCUT2D eigenvalue weighted by Gasteiger charge is -2.30. The molecule has 0 saturated carbocycles. The highest BCUT2D eigenvalue weighted by atomic mass is 32.2. The Kier molecular flexibility index (Phi) is 7.94. The average Bonchev–Trinajstić information content (AvgIpc) is 3.34. The normalized spacial score (nSPS) is 15.4. The summed E-state index contributed by atoms with van der Waals surface area (Å²) < 4.78 is 32.1. The van der Waals surface area contributed by atoms with Gasteiger partial charge in [0.05, 0.1) is 11.4 Å². The van der Waals surface area contributed by atoms with E-state index in [2.05, 4.69) is 20.4 Å². The molecule has 1 amide bonds. The van der Waals surface area contributed by atoms with E-state index in [9.17, 15) is 13.2 Å². The lowest BCUT2D eigenvalue weighted by Crippen LogP contribution is -2.37. The minimum atomic E-state index is -3.52. The Morgan fingerprint density at radius 2 is 1.71 bits per heavy atom. The molecular weight excluding hydrogens is 466 g/mol. The number of piperidine rings is 1. The van der Waals surface area contributed by atoms with E-state index in [4.69, 9.17) is 4.52 Å². The lowest BCUT2D eigenvalue weighted by molar-refractivity contribution is -0.121. The maximum absolute atomic E-state index is 12.8. The maximum atomic E-state index is 12.8. The molecular formula is C25H31N5O4S. The molecule has 10 heteroatoms. The molecule has 4 rings (SSSR count). The minimum Gasteiger partial charge on any atom is -0.338 e. The van der Waals surface area contributed by atoms with E-state index < -0.39 is 10.0 Å². The Morgan fingerprint density at radius 1 is 1.06 bits per heavy atom. The summed E-state index contributed by atoms with van der Waals surface area (Å²) in [5.74, 6) is 0.985. The van der Waals surface area contributed by atoms with Gasteiger partial charge in [0.15, 0.2) is 0 Å². The number of benzene rings is 2. The van der Waals surface area contributed by atoms with Crippen LogP contribution in [0.3, 0.4) is 0 Å². The van der Waals surface area contributed by atoms with E-state index in [1.165, 1.54) is 4.31 Å². The second kappa shape index (κ2) is 11.1. The summed E-state index contributed by atoms with van der Waals surface area (Å²) in [6, 6.07) is 16.1. The molecule has 9 nitrogen and oxygen atoms in total. The summed E-state index contributed by atoms with van der Waals surface area (Å²) in [5, 5.41) is 6.99. The first-order chi connectivity index (χ1) is 16.9. The molecule has 1 fully saturated rings. The molecule has 0 unspecified atom stereocenters. The van der Waals surface area contributed by atoms with Gasteiger partial charge in [0.1, 0.15) is 0 Å². The average molecular weight is 498 g/mol. The number of rotatable bonds is 9. The van der Waals surface area contributed by atoms with Crippen molar-refractivity contribution in [2.24, 2.45) is 5.92 Å². The molecule has 0 aliphatic carbocycles. The topological polar surface area (TPSA) is 109 Å². The van der Waals surface area contributed by atoms with Crippen molar-refractivity contribution in [2.45, 2.75) is 38.1 Å². The first-order valence-corrected chi connectivity index (χ1v) is 13.4. The van der Waals surface area contributed by atoms with Crippen molar-refractivity contribution in [3.8, 4) is 11.4 Å². The van der Waals surface area contributed by atoms with Gasteiger partial charge in [-0.25, -0.2) is 8.42 Å². The SMILES string of the molecule is CCN(CC)S(=O)(=O)c1ccc(NC(=O)C2CCN(Cc3nc(-c4ccccc4)no3)CC2)cc1. The summed E-state index contributed by atoms with van der Waals surface area (Å²) in [4.78, 5) is 19.7. The molecule has 186 valence electrons. The Morgan fingerprint density at radius 3 is 2.34 bits per heavy atom. The van der Waals surface area contributed by atoms with Gasteiger partial charge in [0.2, 0.25) is 27.6 Å². The Balaban J connectivity index is 1.28. The second-order valence-corrected chi connectivity index (χ2v) is 10.5. The molecule has 3 aromatic rings. The highest BCUT2D eigenvalue weighted by Gasteiger charge is 2.26. The van der Waals surface area contributed by atoms with Crippen LogP contribution >= 0.6 is 0 Å². The van der Waals surface area contributed by atoms with Crippen LogP contribution in [0, 0.1) is 5.92 Å². The largest absolute Gasteiger partial charge is 0.338 e. The molecule has 2 heterocycles. The molecule has 1 aromatic heterocycles. The number of hydrogen-bond acceptors (Lipinski definition) is 7. The van der Waals surface area contributed by atoms with Crippen molar-refractivity contribution in [2.75, 3.05) is 31.5 Å². The van der Waals surface area contributed by atoms with E-state index in [-0.39, 0.29) is 16.7 Å². The molecule has 2 aromatic carbocycles. The zero-order valence-corrected chi connectivity index (χ0v) is 20.9. The van der Waals surface area contributed by atoms with Crippen molar-refractivity contribution in [3.05, 3.63) is 60.5 Å². The van der Waals surface area contributed by atoms with Crippen molar-refractivity contribution in [1.82, 2.24) is 19.3 Å². The molecule has 0 atom stereocenters. The summed E-state index contributed by atoms with van der Waals surface area (Å²) >= 11 is 0. The number of nitrogens with one attached hydrogen (secondary N) is 1. The van der Waals surface area contributed by atoms with Gasteiger partial charge in [-0.1, -0.05) is 49.3 Å². The summed E-state index contributed by atoms with van der Waals surface area (Å²) in [6.45, 7) is 6.50. The van der Waals surface area contributed by atoms with E-state index in [1.807, 2.05) is 44.2 Å². The molecule has 35 heavy (non-hydrogen) atoms. The molecule has 0 radical (unpaired) electrons. The van der Waals surface area contributed by atoms with Crippen LogP contribution < -0.4 is 5.32 Å². The number of sulfonamides is 1. The first kappa shape index (κ1) is 25.0. The zero-order chi connectivity index (χ0) is 24.8. The fourth-order valence-corrected chi connectivity index (χ4v) is 5.69. The van der Waals surface area contributed by atoms with Crippen LogP contribution in [0.15, 0.2) is 64.0 Å². The van der Waals surface area contributed by atoms with Crippen molar-refractivity contribution in [3.63, 3.8) is 0 Å². The third kappa shape index (κ3) is 5.95. The highest BCUT2D eigenvalue weighted by molar-refractivity contribution is 7.89. The third-order valence-corrected chi connectivity index (χ3v) is 8.35. The molecule has 1 N–H and O–H groups in total. The number of amides is 1. The van der Waals surface area contributed by atoms with Crippen LogP contribution in [0.2, 0.25) is 0 Å². The number of likely N-dealkylation sites (tertiary alicyclic amines) is 1. The summed E-state index contributed by atoms with van der Waals surface area (Å²) in [6.07, 6.45) is 1.44. The highest BCUT2D eigenvalue weighted by Crippen LogP contribution is 2.23. The van der Waals surface area contributed by atoms with E-state index in [0.29, 0.717) is 37.0 Å². The summed E-state index contributed by atoms with van der Waals surface area (Å²) in [5.41, 5.74) is 1.51. The standard InChI is InChI=1S/C25H31N5O4S/c1-3-30(4-2)35(32,33)22-12-10-21(11-13-22)26-25(31)20-14-16-29(17-15-20)18-23-27-24(28-34-23)19-8-6-5-7-9-19/h5-13,20H,3-4,14-18H2,1-2H3,(H,26,31). The number of hydrogen-bond donors (Lipinski definition) is 1. The molecule has 0 spiro atoms. The van der Waals surface area contributed by atoms with Crippen LogP contribution in [0.5, 0.6) is 0 Å². The number of carbonyl (C=O) groups excluding carboxylic acids is 1. The number of anilines is 1. The van der Waals surface area contributed by atoms with E-state index in [1.54, 1.807) is 24.3 Å². The fraction of sp³-hybridized carbons (Fsp3) is 0.400. The smallest absolute Gasteiger partial charge is 0.243 e. The van der Waals surface area contributed by atoms with Gasteiger partial charge < -0.3 is 9.84 Å². The maximum Gasteiger partial charge on any atom is 0.243 e. The van der Waals surface area contributed by atoms with Gasteiger partial charge in [0.25, 0.3) is 0 Å². The third-order valence-electron chi connectivity index (χ3n) is 6.28. The quantitative estimate of drug-likeness (QED) is 0.481. The van der Waals surface area contributed by atoms with E-state index >= 15 is 0 Å². The fourth-order valence-electron chi connectivity index (χ4n) is 4.24. The van der Waals surface area contributed by atoms with Crippen LogP contribution in [0.1, 0.15) is 32.6 Å². The monoisotopic (exact) mass is 497 g/mol. The Labute approximate surface area is 206 Å². The molecule has 1 saturated heterocycles. The van der Waals surface area contributed by atoms with Gasteiger partial charge in [-0.15, -0.1) is 0 Å². The van der Waals surface area contributed by atoms with Gasteiger partial charge >= 0.3 is 0 Å². The Bertz CT molecular complexity index is 1220. The van der Waals surface area contributed by atoms with E-state index in [0.717, 1.165) is 31.5 Å². The Hall–Kier alpha value is -3.08. The predicted octanol–water partition coefficient (Wildman–Crippen LogP) is 3.62. The van der Waals surface area contributed by atoms with Crippen molar-refractivity contribution in [1.29, 1.82) is 0 Å². The molecule has 1 aliphatic rings. The second-order valence-electron chi connectivity index (χ2n) is 8.53. The van der Waals surface area contributed by atoms with Crippen molar-refractivity contribution >= 4 is 21.6 Å². The molecule has 1 aliphatic heterocycles. The first-order valence-electron chi connectivity index (χ1n) is 11.9. The van der Waals surface area contributed by atoms with Crippen LogP contribution in [0.25, 0.3) is 11.4 Å². The van der Waals surface area contributed by atoms with Crippen molar-refractivity contribution < 1.29 is 17.7 Å². The van der Waals surface area contributed by atoms with Crippen LogP contribution in [-0.2, 0) is 21.4 Å². The van der Waals surface area contributed by atoms with Gasteiger partial charge in [-0.2, -0.15) is 9.29 Å². The van der Waals surface area contributed by atoms with Gasteiger partial charge in [-0.3, -0.25) is 9.69 Å². The number of nitrogens with zero attached hydrogens (tertiary/aromatic N) is 4. The van der Waals surface area contributed by atoms with Gasteiger partial charge in [-0.05, 0) is 50.2 Å². The number of carbonyl (C=O) groups is 1. The minimum absolute atomic E-state index is 0.0480. The van der Waals surface area contributed by atoms with Crippen LogP contribution in [0.4, 0.5) is 5.69 Å². The lowest BCUT2D eigenvalue weighted by atomic mass is 9.96. The van der Waals surface area contributed by atoms with Gasteiger partial charge in [0, 0.05) is 30.3 Å². The zero-order valence-electron chi connectivity index (χ0n) is 20.1. The molecule has 0 bridgehead atoms. The number of aromatic nitrogens is 2. The predicted molar refractivity (Wildman–Crippen MR) is 133 cm³/mol. The summed E-state index contributed by atoms with van der Waals surface area (Å²) in [7, 11) is -3.52.